The highest BCUT2D eigenvalue weighted by Crippen LogP contribution is 2.17. The molecule has 2 heterocycles. The van der Waals surface area contributed by atoms with E-state index in [4.69, 9.17) is 0 Å². The first-order chi connectivity index (χ1) is 11.9. The van der Waals surface area contributed by atoms with Crippen LogP contribution in [0.15, 0.2) is 4.99 Å². The molecule has 1 aromatic heterocycles. The van der Waals surface area contributed by atoms with Gasteiger partial charge in [-0.25, -0.2) is 9.98 Å². The van der Waals surface area contributed by atoms with Crippen molar-refractivity contribution >= 4 is 23.2 Å². The molecular weight excluding hydrogens is 334 g/mol. The summed E-state index contributed by atoms with van der Waals surface area (Å²) < 4.78 is 0. The number of nitrogens with one attached hydrogen (secondary N) is 2. The number of aromatic nitrogens is 1. The first-order valence-electron chi connectivity index (χ1n) is 9.17. The highest BCUT2D eigenvalue weighted by molar-refractivity contribution is 7.11. The number of rotatable bonds is 5. The fourth-order valence-corrected chi connectivity index (χ4v) is 3.73. The SMILES string of the molecule is CCNC(=NCc1nc(C)c(C)s1)NC1CCN(C(=O)C(C)C)CC1. The van der Waals surface area contributed by atoms with Gasteiger partial charge in [-0.1, -0.05) is 13.8 Å². The van der Waals surface area contributed by atoms with Crippen LogP contribution in [0, 0.1) is 19.8 Å². The minimum absolute atomic E-state index is 0.0774. The summed E-state index contributed by atoms with van der Waals surface area (Å²) in [6, 6.07) is 0.355. The number of aliphatic imine (C=N–C) groups is 1. The van der Waals surface area contributed by atoms with Crippen molar-refractivity contribution in [2.24, 2.45) is 10.9 Å². The van der Waals surface area contributed by atoms with E-state index in [2.05, 4.69) is 34.5 Å². The van der Waals surface area contributed by atoms with E-state index in [1.807, 2.05) is 25.7 Å². The molecule has 0 spiro atoms. The molecule has 1 fully saturated rings. The number of amides is 1. The van der Waals surface area contributed by atoms with Gasteiger partial charge in [-0.3, -0.25) is 4.79 Å². The molecule has 1 amide bonds. The zero-order valence-electron chi connectivity index (χ0n) is 16.1. The second-order valence-corrected chi connectivity index (χ2v) is 8.13. The maximum absolute atomic E-state index is 12.1. The molecule has 140 valence electrons. The third-order valence-electron chi connectivity index (χ3n) is 4.43. The van der Waals surface area contributed by atoms with Crippen molar-refractivity contribution in [1.82, 2.24) is 20.5 Å². The number of carbonyl (C=O) groups excluding carboxylic acids is 1. The van der Waals surface area contributed by atoms with Gasteiger partial charge in [-0.2, -0.15) is 0 Å². The zero-order valence-corrected chi connectivity index (χ0v) is 16.9. The summed E-state index contributed by atoms with van der Waals surface area (Å²) in [5.74, 6) is 1.17. The molecule has 0 atom stereocenters. The van der Waals surface area contributed by atoms with E-state index in [0.717, 1.165) is 49.1 Å². The lowest BCUT2D eigenvalue weighted by molar-refractivity contribution is -0.135. The summed E-state index contributed by atoms with van der Waals surface area (Å²) in [6.45, 7) is 13.2. The van der Waals surface area contributed by atoms with Crippen LogP contribution in [0.2, 0.25) is 0 Å². The predicted octanol–water partition coefficient (Wildman–Crippen LogP) is 2.46. The lowest BCUT2D eigenvalue weighted by Gasteiger charge is -2.34. The van der Waals surface area contributed by atoms with E-state index in [0.29, 0.717) is 12.6 Å². The third kappa shape index (κ3) is 5.70. The number of hydrogen-bond acceptors (Lipinski definition) is 4. The molecule has 1 aliphatic heterocycles. The molecule has 0 radical (unpaired) electrons. The first kappa shape index (κ1) is 19.7. The number of guanidine groups is 1. The van der Waals surface area contributed by atoms with Crippen LogP contribution in [-0.2, 0) is 11.3 Å². The maximum atomic E-state index is 12.1. The molecule has 25 heavy (non-hydrogen) atoms. The van der Waals surface area contributed by atoms with E-state index in [1.54, 1.807) is 11.3 Å². The van der Waals surface area contributed by atoms with Crippen LogP contribution >= 0.6 is 11.3 Å². The van der Waals surface area contributed by atoms with Crippen molar-refractivity contribution < 1.29 is 4.79 Å². The first-order valence-corrected chi connectivity index (χ1v) is 9.98. The Morgan fingerprint density at radius 3 is 2.56 bits per heavy atom. The number of piperidine rings is 1. The molecular formula is C18H31N5OS. The molecule has 0 aromatic carbocycles. The molecule has 7 heteroatoms. The summed E-state index contributed by atoms with van der Waals surface area (Å²) in [5, 5.41) is 7.87. The van der Waals surface area contributed by atoms with Crippen molar-refractivity contribution in [2.75, 3.05) is 19.6 Å². The van der Waals surface area contributed by atoms with Gasteiger partial charge in [-0.15, -0.1) is 11.3 Å². The molecule has 1 aromatic rings. The second kappa shape index (κ2) is 9.17. The van der Waals surface area contributed by atoms with Gasteiger partial charge in [0, 0.05) is 36.5 Å². The summed E-state index contributed by atoms with van der Waals surface area (Å²) in [5.41, 5.74) is 1.09. The Kier molecular flexibility index (Phi) is 7.23. The van der Waals surface area contributed by atoms with E-state index >= 15 is 0 Å². The fourth-order valence-electron chi connectivity index (χ4n) is 2.88. The van der Waals surface area contributed by atoms with Crippen molar-refractivity contribution in [3.8, 4) is 0 Å². The molecule has 0 bridgehead atoms. The van der Waals surface area contributed by atoms with Gasteiger partial charge in [0.25, 0.3) is 0 Å². The van der Waals surface area contributed by atoms with Gasteiger partial charge in [-0.05, 0) is 33.6 Å². The Morgan fingerprint density at radius 2 is 2.04 bits per heavy atom. The van der Waals surface area contributed by atoms with Gasteiger partial charge in [0.05, 0.1) is 12.2 Å². The molecule has 1 aliphatic rings. The number of aryl methyl sites for hydroxylation is 2. The van der Waals surface area contributed by atoms with Crippen molar-refractivity contribution in [3.05, 3.63) is 15.6 Å². The summed E-state index contributed by atoms with van der Waals surface area (Å²) in [4.78, 5) is 24.5. The highest BCUT2D eigenvalue weighted by Gasteiger charge is 2.24. The Balaban J connectivity index is 1.89. The van der Waals surface area contributed by atoms with Crippen molar-refractivity contribution in [3.63, 3.8) is 0 Å². The summed E-state index contributed by atoms with van der Waals surface area (Å²) in [6.07, 6.45) is 1.91. The maximum Gasteiger partial charge on any atom is 0.225 e. The standard InChI is InChI=1S/C18H31N5OS/c1-6-19-18(20-11-16-21-13(4)14(5)25-16)22-15-7-9-23(10-8-15)17(24)12(2)3/h12,15H,6-11H2,1-5H3,(H2,19,20,22). The Morgan fingerprint density at radius 1 is 1.36 bits per heavy atom. The average molecular weight is 366 g/mol. The predicted molar refractivity (Wildman–Crippen MR) is 104 cm³/mol. The van der Waals surface area contributed by atoms with Gasteiger partial charge in [0.15, 0.2) is 5.96 Å². The summed E-state index contributed by atoms with van der Waals surface area (Å²) >= 11 is 1.71. The van der Waals surface area contributed by atoms with Crippen LogP contribution in [0.25, 0.3) is 0 Å². The van der Waals surface area contributed by atoms with E-state index < -0.39 is 0 Å². The van der Waals surface area contributed by atoms with Gasteiger partial charge >= 0.3 is 0 Å². The molecule has 0 unspecified atom stereocenters. The number of nitrogens with zero attached hydrogens (tertiary/aromatic N) is 3. The fraction of sp³-hybridized carbons (Fsp3) is 0.722. The average Bonchev–Trinajstić information content (AvgIpc) is 2.91. The number of carbonyl (C=O) groups is 1. The van der Waals surface area contributed by atoms with Crippen LogP contribution in [0.1, 0.15) is 49.2 Å². The monoisotopic (exact) mass is 365 g/mol. The van der Waals surface area contributed by atoms with E-state index in [-0.39, 0.29) is 11.8 Å². The Hall–Kier alpha value is -1.63. The van der Waals surface area contributed by atoms with Crippen LogP contribution in [-0.4, -0.2) is 47.4 Å². The van der Waals surface area contributed by atoms with Gasteiger partial charge in [0.1, 0.15) is 5.01 Å². The second-order valence-electron chi connectivity index (χ2n) is 6.84. The molecule has 0 saturated carbocycles. The Labute approximate surface area is 155 Å². The Bertz CT molecular complexity index is 583. The molecule has 2 N–H and O–H groups in total. The van der Waals surface area contributed by atoms with E-state index in [1.165, 1.54) is 4.88 Å². The molecule has 2 rings (SSSR count). The normalized spacial score (nSPS) is 16.4. The smallest absolute Gasteiger partial charge is 0.225 e. The van der Waals surface area contributed by atoms with Crippen LogP contribution in [0.4, 0.5) is 0 Å². The quantitative estimate of drug-likeness (QED) is 0.621. The van der Waals surface area contributed by atoms with Gasteiger partial charge in [0.2, 0.25) is 5.91 Å². The highest BCUT2D eigenvalue weighted by atomic mass is 32.1. The minimum Gasteiger partial charge on any atom is -0.357 e. The lowest BCUT2D eigenvalue weighted by Crippen LogP contribution is -2.50. The number of thiazole rings is 1. The molecule has 1 saturated heterocycles. The van der Waals surface area contributed by atoms with Crippen molar-refractivity contribution in [1.29, 1.82) is 0 Å². The zero-order chi connectivity index (χ0) is 18.4. The topological polar surface area (TPSA) is 69.6 Å². The molecule has 0 aliphatic carbocycles. The van der Waals surface area contributed by atoms with Gasteiger partial charge < -0.3 is 15.5 Å². The largest absolute Gasteiger partial charge is 0.357 e. The van der Waals surface area contributed by atoms with E-state index in [9.17, 15) is 4.79 Å². The number of likely N-dealkylation sites (tertiary alicyclic amines) is 1. The lowest BCUT2D eigenvalue weighted by atomic mass is 10.0. The summed E-state index contributed by atoms with van der Waals surface area (Å²) in [7, 11) is 0. The number of hydrogen-bond donors (Lipinski definition) is 2. The van der Waals surface area contributed by atoms with Crippen LogP contribution in [0.5, 0.6) is 0 Å². The van der Waals surface area contributed by atoms with Crippen LogP contribution < -0.4 is 10.6 Å². The minimum atomic E-state index is 0.0774. The molecule has 6 nitrogen and oxygen atoms in total. The van der Waals surface area contributed by atoms with Crippen molar-refractivity contribution in [2.45, 2.75) is 60.0 Å². The van der Waals surface area contributed by atoms with Crippen LogP contribution in [0.3, 0.4) is 0 Å². The third-order valence-corrected chi connectivity index (χ3v) is 5.49.